The van der Waals surface area contributed by atoms with Crippen LogP contribution in [0.25, 0.3) is 11.1 Å². The summed E-state index contributed by atoms with van der Waals surface area (Å²) >= 11 is 0. The van der Waals surface area contributed by atoms with E-state index >= 15 is 0 Å². The van der Waals surface area contributed by atoms with E-state index in [2.05, 4.69) is 29.6 Å². The minimum atomic E-state index is -0.971. The van der Waals surface area contributed by atoms with Gasteiger partial charge in [-0.25, -0.2) is 4.79 Å². The Bertz CT molecular complexity index is 1090. The van der Waals surface area contributed by atoms with E-state index in [9.17, 15) is 14.7 Å². The number of carbonyl (C=O) groups is 2. The SMILES string of the molecule is O=C(O)C1Cc2ccccc2C(C(=O)OCC2c3ccccc3-c3ccccc32)N1. The molecule has 0 aromatic heterocycles. The summed E-state index contributed by atoms with van der Waals surface area (Å²) in [5.41, 5.74) is 6.27. The molecule has 0 saturated carbocycles. The number of esters is 1. The van der Waals surface area contributed by atoms with Gasteiger partial charge in [-0.3, -0.25) is 10.1 Å². The monoisotopic (exact) mass is 399 g/mol. The summed E-state index contributed by atoms with van der Waals surface area (Å²) < 4.78 is 5.77. The molecule has 5 nitrogen and oxygen atoms in total. The second-order valence-corrected chi connectivity index (χ2v) is 7.75. The van der Waals surface area contributed by atoms with Crippen LogP contribution >= 0.6 is 0 Å². The fraction of sp³-hybridized carbons (Fsp3) is 0.200. The van der Waals surface area contributed by atoms with E-state index in [0.29, 0.717) is 6.42 Å². The van der Waals surface area contributed by atoms with Crippen molar-refractivity contribution in [3.8, 4) is 11.1 Å². The van der Waals surface area contributed by atoms with Crippen LogP contribution in [0.2, 0.25) is 0 Å². The van der Waals surface area contributed by atoms with Crippen molar-refractivity contribution in [3.63, 3.8) is 0 Å². The molecular formula is C25H21NO4. The van der Waals surface area contributed by atoms with Gasteiger partial charge in [-0.2, -0.15) is 0 Å². The third kappa shape index (κ3) is 3.08. The lowest BCUT2D eigenvalue weighted by Gasteiger charge is -2.30. The summed E-state index contributed by atoms with van der Waals surface area (Å²) in [5.74, 6) is -1.45. The lowest BCUT2D eigenvalue weighted by molar-refractivity contribution is -0.148. The molecule has 5 rings (SSSR count). The van der Waals surface area contributed by atoms with Crippen LogP contribution in [0.4, 0.5) is 0 Å². The molecule has 0 bridgehead atoms. The highest BCUT2D eigenvalue weighted by Gasteiger charge is 2.36. The maximum atomic E-state index is 13.0. The molecule has 30 heavy (non-hydrogen) atoms. The van der Waals surface area contributed by atoms with Crippen molar-refractivity contribution >= 4 is 11.9 Å². The van der Waals surface area contributed by atoms with Gasteiger partial charge in [0, 0.05) is 5.92 Å². The van der Waals surface area contributed by atoms with Crippen molar-refractivity contribution in [1.29, 1.82) is 0 Å². The molecule has 2 N–H and O–H groups in total. The molecule has 3 aromatic rings. The van der Waals surface area contributed by atoms with Crippen molar-refractivity contribution in [2.75, 3.05) is 6.61 Å². The zero-order valence-corrected chi connectivity index (χ0v) is 16.2. The van der Waals surface area contributed by atoms with Crippen LogP contribution in [0.15, 0.2) is 72.8 Å². The Hall–Kier alpha value is -3.44. The molecule has 0 fully saturated rings. The van der Waals surface area contributed by atoms with Crippen molar-refractivity contribution < 1.29 is 19.4 Å². The summed E-state index contributed by atoms with van der Waals surface area (Å²) in [6.07, 6.45) is 0.346. The van der Waals surface area contributed by atoms with Gasteiger partial charge in [-0.1, -0.05) is 72.8 Å². The topological polar surface area (TPSA) is 75.6 Å². The quantitative estimate of drug-likeness (QED) is 0.655. The van der Waals surface area contributed by atoms with Crippen LogP contribution in [-0.4, -0.2) is 29.7 Å². The molecule has 1 heterocycles. The number of aliphatic carboxylic acids is 1. The van der Waals surface area contributed by atoms with Crippen LogP contribution in [0.5, 0.6) is 0 Å². The molecule has 2 aliphatic rings. The first-order valence-electron chi connectivity index (χ1n) is 10.0. The van der Waals surface area contributed by atoms with E-state index in [4.69, 9.17) is 4.74 Å². The normalized spacial score (nSPS) is 19.5. The van der Waals surface area contributed by atoms with Gasteiger partial charge in [0.15, 0.2) is 0 Å². The predicted molar refractivity (Wildman–Crippen MR) is 112 cm³/mol. The van der Waals surface area contributed by atoms with Crippen molar-refractivity contribution in [1.82, 2.24) is 5.32 Å². The molecule has 2 unspecified atom stereocenters. The van der Waals surface area contributed by atoms with Gasteiger partial charge in [0.25, 0.3) is 0 Å². The summed E-state index contributed by atoms with van der Waals surface area (Å²) in [5, 5.41) is 12.4. The van der Waals surface area contributed by atoms with Crippen LogP contribution in [0.1, 0.15) is 34.2 Å². The Kier molecular flexibility index (Phi) is 4.60. The summed E-state index contributed by atoms with van der Waals surface area (Å²) in [6.45, 7) is 0.213. The van der Waals surface area contributed by atoms with Crippen LogP contribution in [0, 0.1) is 0 Å². The first kappa shape index (κ1) is 18.6. The molecule has 0 amide bonds. The Morgan fingerprint density at radius 3 is 2.07 bits per heavy atom. The van der Waals surface area contributed by atoms with Gasteiger partial charge < -0.3 is 9.84 Å². The van der Waals surface area contributed by atoms with Crippen LogP contribution in [-0.2, 0) is 20.7 Å². The number of benzene rings is 3. The number of fused-ring (bicyclic) bond motifs is 4. The molecule has 2 atom stereocenters. The number of ether oxygens (including phenoxy) is 1. The van der Waals surface area contributed by atoms with E-state index in [1.807, 2.05) is 48.5 Å². The highest BCUT2D eigenvalue weighted by atomic mass is 16.5. The smallest absolute Gasteiger partial charge is 0.327 e. The summed E-state index contributed by atoms with van der Waals surface area (Å²) in [4.78, 5) is 24.6. The van der Waals surface area contributed by atoms with Gasteiger partial charge >= 0.3 is 11.9 Å². The first-order valence-corrected chi connectivity index (χ1v) is 10.0. The second kappa shape index (κ2) is 7.43. The predicted octanol–water partition coefficient (Wildman–Crippen LogP) is 3.68. The molecular weight excluding hydrogens is 378 g/mol. The van der Waals surface area contributed by atoms with Gasteiger partial charge in [0.2, 0.25) is 0 Å². The Morgan fingerprint density at radius 1 is 0.867 bits per heavy atom. The van der Waals surface area contributed by atoms with E-state index in [0.717, 1.165) is 22.3 Å². The molecule has 0 radical (unpaired) electrons. The third-order valence-electron chi connectivity index (χ3n) is 6.05. The zero-order chi connectivity index (χ0) is 20.7. The maximum Gasteiger partial charge on any atom is 0.327 e. The number of hydrogen-bond donors (Lipinski definition) is 2. The highest BCUT2D eigenvalue weighted by molar-refractivity contribution is 5.83. The molecule has 5 heteroatoms. The number of hydrogen-bond acceptors (Lipinski definition) is 4. The summed E-state index contributed by atoms with van der Waals surface area (Å²) in [7, 11) is 0. The van der Waals surface area contributed by atoms with Gasteiger partial charge in [-0.15, -0.1) is 0 Å². The first-order chi connectivity index (χ1) is 14.6. The molecule has 1 aliphatic heterocycles. The van der Waals surface area contributed by atoms with Crippen molar-refractivity contribution in [3.05, 3.63) is 95.1 Å². The Labute approximate surface area is 174 Å². The minimum absolute atomic E-state index is 0.0320. The third-order valence-corrected chi connectivity index (χ3v) is 6.05. The van der Waals surface area contributed by atoms with Gasteiger partial charge in [-0.05, 0) is 39.8 Å². The lowest BCUT2D eigenvalue weighted by Crippen LogP contribution is -2.47. The fourth-order valence-electron chi connectivity index (χ4n) is 4.61. The Balaban J connectivity index is 1.40. The molecule has 0 spiro atoms. The van der Waals surface area contributed by atoms with Gasteiger partial charge in [0.05, 0.1) is 0 Å². The number of nitrogens with one attached hydrogen (secondary N) is 1. The number of rotatable bonds is 4. The standard InChI is InChI=1S/C25H21NO4/c27-24(28)22-13-15-7-1-2-8-16(15)23(26-22)25(29)30-14-21-19-11-5-3-9-17(19)18-10-4-6-12-20(18)21/h1-12,21-23,26H,13-14H2,(H,27,28). The molecule has 1 aliphatic carbocycles. The summed E-state index contributed by atoms with van der Waals surface area (Å²) in [6, 6.07) is 22.2. The molecule has 3 aromatic carbocycles. The number of carbonyl (C=O) groups excluding carboxylic acids is 1. The van der Waals surface area contributed by atoms with Gasteiger partial charge in [0.1, 0.15) is 18.7 Å². The van der Waals surface area contributed by atoms with E-state index in [-0.39, 0.29) is 12.5 Å². The van der Waals surface area contributed by atoms with E-state index in [1.54, 1.807) is 0 Å². The number of carboxylic acid groups (broad SMARTS) is 1. The average molecular weight is 399 g/mol. The minimum Gasteiger partial charge on any atom is -0.480 e. The lowest BCUT2D eigenvalue weighted by atomic mass is 9.90. The number of carboxylic acids is 1. The van der Waals surface area contributed by atoms with E-state index in [1.165, 1.54) is 11.1 Å². The maximum absolute atomic E-state index is 13.0. The second-order valence-electron chi connectivity index (χ2n) is 7.75. The van der Waals surface area contributed by atoms with Crippen LogP contribution < -0.4 is 5.32 Å². The Morgan fingerprint density at radius 2 is 1.43 bits per heavy atom. The van der Waals surface area contributed by atoms with Crippen LogP contribution in [0.3, 0.4) is 0 Å². The van der Waals surface area contributed by atoms with E-state index < -0.39 is 24.0 Å². The zero-order valence-electron chi connectivity index (χ0n) is 16.2. The van der Waals surface area contributed by atoms with Crippen molar-refractivity contribution in [2.24, 2.45) is 0 Å². The average Bonchev–Trinajstić information content (AvgIpc) is 3.10. The largest absolute Gasteiger partial charge is 0.480 e. The molecule has 150 valence electrons. The fourth-order valence-corrected chi connectivity index (χ4v) is 4.61. The van der Waals surface area contributed by atoms with Crippen molar-refractivity contribution in [2.45, 2.75) is 24.4 Å². The molecule has 0 saturated heterocycles. The highest BCUT2D eigenvalue weighted by Crippen LogP contribution is 2.44.